The average Bonchev–Trinajstić information content (AvgIpc) is 2.86. The number of benzene rings is 1. The lowest BCUT2D eigenvalue weighted by atomic mass is 10.2. The van der Waals surface area contributed by atoms with Crippen LogP contribution in [0.25, 0.3) is 5.69 Å². The summed E-state index contributed by atoms with van der Waals surface area (Å²) in [6.45, 7) is 8.44. The molecule has 1 heterocycles. The van der Waals surface area contributed by atoms with Gasteiger partial charge >= 0.3 is 0 Å². The Morgan fingerprint density at radius 2 is 1.90 bits per heavy atom. The molecular weight excluding hydrogens is 282 g/mol. The zero-order valence-electron chi connectivity index (χ0n) is 13.1. The van der Waals surface area contributed by atoms with E-state index in [1.807, 2.05) is 29.8 Å². The standard InChI is InChI=1S/C17H24ClN3/c1-4-6-12-20(5-2)17-16(13-18)14(3)19-21(17)15-10-8-7-9-11-15/h7-11H,4-6,12-13H2,1-3H3. The van der Waals surface area contributed by atoms with Gasteiger partial charge in [0.2, 0.25) is 0 Å². The number of hydrogen-bond donors (Lipinski definition) is 0. The van der Waals surface area contributed by atoms with Crippen molar-refractivity contribution in [2.24, 2.45) is 0 Å². The molecule has 0 fully saturated rings. The maximum atomic E-state index is 6.19. The summed E-state index contributed by atoms with van der Waals surface area (Å²) in [5.74, 6) is 1.64. The van der Waals surface area contributed by atoms with E-state index in [0.717, 1.165) is 35.9 Å². The summed E-state index contributed by atoms with van der Waals surface area (Å²) in [6.07, 6.45) is 2.36. The molecule has 3 nitrogen and oxygen atoms in total. The van der Waals surface area contributed by atoms with Crippen molar-refractivity contribution in [3.63, 3.8) is 0 Å². The normalized spacial score (nSPS) is 10.9. The van der Waals surface area contributed by atoms with E-state index in [-0.39, 0.29) is 0 Å². The number of hydrogen-bond acceptors (Lipinski definition) is 2. The third-order valence-corrected chi connectivity index (χ3v) is 4.02. The molecule has 0 atom stereocenters. The van der Waals surface area contributed by atoms with Gasteiger partial charge in [0.05, 0.1) is 17.3 Å². The van der Waals surface area contributed by atoms with Crippen LogP contribution in [0.5, 0.6) is 0 Å². The first-order valence-electron chi connectivity index (χ1n) is 7.67. The predicted octanol–water partition coefficient (Wildman–Crippen LogP) is 4.55. The summed E-state index contributed by atoms with van der Waals surface area (Å²) in [4.78, 5) is 2.38. The maximum absolute atomic E-state index is 6.19. The van der Waals surface area contributed by atoms with Crippen LogP contribution in [0.15, 0.2) is 30.3 Å². The molecule has 0 aliphatic carbocycles. The molecule has 4 heteroatoms. The summed E-state index contributed by atoms with van der Waals surface area (Å²) in [5, 5.41) is 4.72. The number of nitrogens with zero attached hydrogens (tertiary/aromatic N) is 3. The Morgan fingerprint density at radius 3 is 2.48 bits per heavy atom. The molecule has 0 saturated carbocycles. The van der Waals surface area contributed by atoms with Gasteiger partial charge in [-0.15, -0.1) is 11.6 Å². The minimum atomic E-state index is 0.497. The zero-order valence-corrected chi connectivity index (χ0v) is 13.9. The van der Waals surface area contributed by atoms with Crippen LogP contribution in [-0.4, -0.2) is 22.9 Å². The highest BCUT2D eigenvalue weighted by molar-refractivity contribution is 6.17. The first-order valence-corrected chi connectivity index (χ1v) is 8.21. The largest absolute Gasteiger partial charge is 0.357 e. The monoisotopic (exact) mass is 305 g/mol. The second-order valence-corrected chi connectivity index (χ2v) is 5.47. The SMILES string of the molecule is CCCCN(CC)c1c(CCl)c(C)nn1-c1ccccc1. The van der Waals surface area contributed by atoms with Gasteiger partial charge in [-0.1, -0.05) is 31.5 Å². The number of anilines is 1. The smallest absolute Gasteiger partial charge is 0.137 e. The molecule has 114 valence electrons. The molecule has 21 heavy (non-hydrogen) atoms. The lowest BCUT2D eigenvalue weighted by Gasteiger charge is -2.25. The summed E-state index contributed by atoms with van der Waals surface area (Å²) in [7, 11) is 0. The van der Waals surface area contributed by atoms with Crippen LogP contribution in [-0.2, 0) is 5.88 Å². The van der Waals surface area contributed by atoms with Gasteiger partial charge in [0.1, 0.15) is 5.82 Å². The van der Waals surface area contributed by atoms with Crippen molar-refractivity contribution < 1.29 is 0 Å². The van der Waals surface area contributed by atoms with E-state index in [9.17, 15) is 0 Å². The molecule has 0 N–H and O–H groups in total. The Balaban J connectivity index is 2.50. The minimum absolute atomic E-state index is 0.497. The van der Waals surface area contributed by atoms with Crippen molar-refractivity contribution in [1.82, 2.24) is 9.78 Å². The van der Waals surface area contributed by atoms with Crippen LogP contribution in [0.4, 0.5) is 5.82 Å². The number of rotatable bonds is 7. The molecule has 2 aromatic rings. The summed E-state index contributed by atoms with van der Waals surface area (Å²) >= 11 is 6.19. The maximum Gasteiger partial charge on any atom is 0.137 e. The summed E-state index contributed by atoms with van der Waals surface area (Å²) in [6, 6.07) is 10.3. The second-order valence-electron chi connectivity index (χ2n) is 5.20. The highest BCUT2D eigenvalue weighted by atomic mass is 35.5. The molecule has 1 aromatic heterocycles. The highest BCUT2D eigenvalue weighted by Gasteiger charge is 2.20. The van der Waals surface area contributed by atoms with Crippen molar-refractivity contribution in [1.29, 1.82) is 0 Å². The van der Waals surface area contributed by atoms with Crippen LogP contribution in [0, 0.1) is 6.92 Å². The Kier molecular flexibility index (Phi) is 5.68. The number of para-hydroxylation sites is 1. The highest BCUT2D eigenvalue weighted by Crippen LogP contribution is 2.28. The van der Waals surface area contributed by atoms with Gasteiger partial charge in [0.25, 0.3) is 0 Å². The van der Waals surface area contributed by atoms with E-state index in [1.165, 1.54) is 12.8 Å². The van der Waals surface area contributed by atoms with Gasteiger partial charge < -0.3 is 4.90 Å². The van der Waals surface area contributed by atoms with E-state index < -0.39 is 0 Å². The van der Waals surface area contributed by atoms with E-state index in [0.29, 0.717) is 5.88 Å². The fourth-order valence-corrected chi connectivity index (χ4v) is 2.85. The Bertz CT molecular complexity index is 563. The van der Waals surface area contributed by atoms with E-state index in [2.05, 4.69) is 30.9 Å². The molecule has 0 unspecified atom stereocenters. The van der Waals surface area contributed by atoms with Crippen LogP contribution in [0.2, 0.25) is 0 Å². The Hall–Kier alpha value is -1.48. The molecule has 0 amide bonds. The fraction of sp³-hybridized carbons (Fsp3) is 0.471. The molecule has 0 spiro atoms. The number of aromatic nitrogens is 2. The predicted molar refractivity (Wildman–Crippen MR) is 90.7 cm³/mol. The van der Waals surface area contributed by atoms with Gasteiger partial charge in [0, 0.05) is 18.7 Å². The second kappa shape index (κ2) is 7.51. The lowest BCUT2D eigenvalue weighted by Crippen LogP contribution is -2.27. The van der Waals surface area contributed by atoms with Crippen LogP contribution in [0.1, 0.15) is 37.9 Å². The third kappa shape index (κ3) is 3.41. The molecule has 1 aromatic carbocycles. The molecule has 0 aliphatic rings. The number of aryl methyl sites for hydroxylation is 1. The van der Waals surface area contributed by atoms with E-state index in [4.69, 9.17) is 16.7 Å². The Morgan fingerprint density at radius 1 is 1.19 bits per heavy atom. The van der Waals surface area contributed by atoms with E-state index >= 15 is 0 Å². The number of unbranched alkanes of at least 4 members (excludes halogenated alkanes) is 1. The van der Waals surface area contributed by atoms with Crippen molar-refractivity contribution in [3.8, 4) is 5.69 Å². The summed E-state index contributed by atoms with van der Waals surface area (Å²) in [5.41, 5.74) is 3.24. The number of alkyl halides is 1. The van der Waals surface area contributed by atoms with Crippen LogP contribution in [0.3, 0.4) is 0 Å². The Labute approximate surface area is 132 Å². The van der Waals surface area contributed by atoms with Crippen LogP contribution < -0.4 is 4.90 Å². The van der Waals surface area contributed by atoms with Gasteiger partial charge in [-0.05, 0) is 32.4 Å². The van der Waals surface area contributed by atoms with Gasteiger partial charge in [-0.25, -0.2) is 4.68 Å². The minimum Gasteiger partial charge on any atom is -0.357 e. The van der Waals surface area contributed by atoms with Gasteiger partial charge in [0.15, 0.2) is 0 Å². The van der Waals surface area contributed by atoms with Crippen LogP contribution >= 0.6 is 11.6 Å². The van der Waals surface area contributed by atoms with Gasteiger partial charge in [-0.2, -0.15) is 5.10 Å². The molecule has 0 aliphatic heterocycles. The van der Waals surface area contributed by atoms with Crippen molar-refractivity contribution in [3.05, 3.63) is 41.6 Å². The first-order chi connectivity index (χ1) is 10.2. The topological polar surface area (TPSA) is 21.1 Å². The number of halogens is 1. The van der Waals surface area contributed by atoms with E-state index in [1.54, 1.807) is 0 Å². The molecule has 2 rings (SSSR count). The first kappa shape index (κ1) is 15.9. The molecule has 0 radical (unpaired) electrons. The van der Waals surface area contributed by atoms with Crippen molar-refractivity contribution in [2.75, 3.05) is 18.0 Å². The third-order valence-electron chi connectivity index (χ3n) is 3.75. The van der Waals surface area contributed by atoms with Crippen molar-refractivity contribution in [2.45, 2.75) is 39.5 Å². The van der Waals surface area contributed by atoms with Crippen molar-refractivity contribution >= 4 is 17.4 Å². The molecular formula is C17H24ClN3. The fourth-order valence-electron chi connectivity index (χ4n) is 2.54. The zero-order chi connectivity index (χ0) is 15.2. The average molecular weight is 306 g/mol. The lowest BCUT2D eigenvalue weighted by molar-refractivity contribution is 0.703. The van der Waals surface area contributed by atoms with Gasteiger partial charge in [-0.3, -0.25) is 0 Å². The molecule has 0 bridgehead atoms. The molecule has 0 saturated heterocycles. The quantitative estimate of drug-likeness (QED) is 0.700. The summed E-state index contributed by atoms with van der Waals surface area (Å²) < 4.78 is 2.03.